The molecule has 0 aromatic heterocycles. The van der Waals surface area contributed by atoms with Crippen molar-refractivity contribution in [1.82, 2.24) is 0 Å². The van der Waals surface area contributed by atoms with Crippen LogP contribution < -0.4 is 0 Å². The Labute approximate surface area is 112 Å². The van der Waals surface area contributed by atoms with Crippen molar-refractivity contribution in [2.75, 3.05) is 0 Å². The molecule has 0 aromatic carbocycles. The van der Waals surface area contributed by atoms with Crippen LogP contribution in [0, 0.1) is 11.8 Å². The molecule has 4 fully saturated rings. The first-order valence-electron chi connectivity index (χ1n) is 6.91. The summed E-state index contributed by atoms with van der Waals surface area (Å²) in [6, 6.07) is 0. The van der Waals surface area contributed by atoms with E-state index >= 15 is 0 Å². The largest absolute Gasteiger partial charge is 0.458 e. The number of esters is 2. The van der Waals surface area contributed by atoms with E-state index in [1.54, 1.807) is 0 Å². The van der Waals surface area contributed by atoms with E-state index in [0.29, 0.717) is 25.2 Å². The summed E-state index contributed by atoms with van der Waals surface area (Å²) in [7, 11) is 0. The molecular formula is C14H20O5. The zero-order chi connectivity index (χ0) is 13.8. The molecule has 106 valence electrons. The number of ether oxygens (including phenoxy) is 2. The van der Waals surface area contributed by atoms with Gasteiger partial charge in [0.25, 0.3) is 0 Å². The van der Waals surface area contributed by atoms with Crippen molar-refractivity contribution in [2.24, 2.45) is 11.8 Å². The van der Waals surface area contributed by atoms with E-state index in [2.05, 4.69) is 0 Å². The SMILES string of the molecule is CC(=O)OC1C2CC3CC(O)(C2)CC1(OC(C)=O)C3. The van der Waals surface area contributed by atoms with E-state index in [1.165, 1.54) is 13.8 Å². The molecule has 4 aliphatic rings. The van der Waals surface area contributed by atoms with E-state index in [9.17, 15) is 14.7 Å². The van der Waals surface area contributed by atoms with Crippen molar-refractivity contribution in [2.45, 2.75) is 63.3 Å². The Morgan fingerprint density at radius 3 is 2.47 bits per heavy atom. The predicted molar refractivity (Wildman–Crippen MR) is 65.1 cm³/mol. The highest BCUT2D eigenvalue weighted by atomic mass is 16.6. The van der Waals surface area contributed by atoms with Crippen LogP contribution in [0.15, 0.2) is 0 Å². The van der Waals surface area contributed by atoms with Crippen LogP contribution in [0.25, 0.3) is 0 Å². The van der Waals surface area contributed by atoms with Gasteiger partial charge in [0.2, 0.25) is 0 Å². The van der Waals surface area contributed by atoms with Gasteiger partial charge < -0.3 is 14.6 Å². The van der Waals surface area contributed by atoms with Gasteiger partial charge >= 0.3 is 11.9 Å². The molecule has 0 saturated heterocycles. The second kappa shape index (κ2) is 3.95. The predicted octanol–water partition coefficient (Wildman–Crippen LogP) is 1.17. The first-order chi connectivity index (χ1) is 8.82. The van der Waals surface area contributed by atoms with Gasteiger partial charge in [-0.3, -0.25) is 9.59 Å². The fourth-order valence-electron chi connectivity index (χ4n) is 4.80. The Hall–Kier alpha value is -1.10. The highest BCUT2D eigenvalue weighted by molar-refractivity contribution is 5.68. The maximum Gasteiger partial charge on any atom is 0.303 e. The Morgan fingerprint density at radius 2 is 1.89 bits per heavy atom. The molecular weight excluding hydrogens is 248 g/mol. The third-order valence-electron chi connectivity index (χ3n) is 4.80. The van der Waals surface area contributed by atoms with Crippen LogP contribution in [0.3, 0.4) is 0 Å². The summed E-state index contributed by atoms with van der Waals surface area (Å²) in [6.07, 6.45) is 3.06. The van der Waals surface area contributed by atoms with Gasteiger partial charge in [0.15, 0.2) is 5.60 Å². The summed E-state index contributed by atoms with van der Waals surface area (Å²) in [4.78, 5) is 22.7. The summed E-state index contributed by atoms with van der Waals surface area (Å²) >= 11 is 0. The summed E-state index contributed by atoms with van der Waals surface area (Å²) < 4.78 is 11.0. The first kappa shape index (κ1) is 12.9. The van der Waals surface area contributed by atoms with Gasteiger partial charge in [0.1, 0.15) is 6.10 Å². The van der Waals surface area contributed by atoms with E-state index in [1.807, 2.05) is 0 Å². The highest BCUT2D eigenvalue weighted by Gasteiger charge is 2.65. The van der Waals surface area contributed by atoms with Crippen molar-refractivity contribution in [3.05, 3.63) is 0 Å². The zero-order valence-corrected chi connectivity index (χ0v) is 11.3. The lowest BCUT2D eigenvalue weighted by molar-refractivity contribution is -0.267. The number of carbonyl (C=O) groups excluding carboxylic acids is 2. The fraction of sp³-hybridized carbons (Fsp3) is 0.857. The molecule has 4 rings (SSSR count). The lowest BCUT2D eigenvalue weighted by Crippen LogP contribution is -2.68. The fourth-order valence-corrected chi connectivity index (χ4v) is 4.80. The molecule has 5 nitrogen and oxygen atoms in total. The molecule has 4 bridgehead atoms. The van der Waals surface area contributed by atoms with Gasteiger partial charge in [-0.2, -0.15) is 0 Å². The third kappa shape index (κ3) is 2.04. The standard InChI is InChI=1S/C14H20O5/c1-8(15)18-12-11-3-10-4-13(17,6-11)7-14(12,5-10)19-9(2)16/h10-12,17H,3-7H2,1-2H3. The minimum atomic E-state index is -0.809. The van der Waals surface area contributed by atoms with Gasteiger partial charge in [-0.25, -0.2) is 0 Å². The number of hydrogen-bond donors (Lipinski definition) is 1. The second-order valence-electron chi connectivity index (χ2n) is 6.56. The maximum atomic E-state index is 11.4. The molecule has 5 unspecified atom stereocenters. The van der Waals surface area contributed by atoms with Crippen molar-refractivity contribution in [3.63, 3.8) is 0 Å². The van der Waals surface area contributed by atoms with Crippen molar-refractivity contribution in [3.8, 4) is 0 Å². The number of aliphatic hydroxyl groups is 1. The summed E-state index contributed by atoms with van der Waals surface area (Å²) in [5.41, 5.74) is -1.56. The monoisotopic (exact) mass is 268 g/mol. The molecule has 4 aliphatic carbocycles. The normalized spacial score (nSPS) is 47.0. The van der Waals surface area contributed by atoms with Crippen LogP contribution >= 0.6 is 0 Å². The van der Waals surface area contributed by atoms with Crippen molar-refractivity contribution >= 4 is 11.9 Å². The third-order valence-corrected chi connectivity index (χ3v) is 4.80. The van der Waals surface area contributed by atoms with Crippen LogP contribution in [0.1, 0.15) is 46.0 Å². The van der Waals surface area contributed by atoms with Crippen LogP contribution in [0.4, 0.5) is 0 Å². The van der Waals surface area contributed by atoms with Crippen LogP contribution in [-0.4, -0.2) is 34.4 Å². The number of hydrogen-bond acceptors (Lipinski definition) is 5. The molecule has 5 heteroatoms. The molecule has 0 radical (unpaired) electrons. The van der Waals surface area contributed by atoms with Gasteiger partial charge in [-0.1, -0.05) is 0 Å². The lowest BCUT2D eigenvalue weighted by Gasteiger charge is -2.61. The van der Waals surface area contributed by atoms with Gasteiger partial charge in [0, 0.05) is 26.2 Å². The Balaban J connectivity index is 1.95. The molecule has 19 heavy (non-hydrogen) atoms. The Bertz CT molecular complexity index is 434. The minimum Gasteiger partial charge on any atom is -0.458 e. The summed E-state index contributed by atoms with van der Waals surface area (Å²) in [5.74, 6) is -0.253. The molecule has 4 saturated carbocycles. The maximum absolute atomic E-state index is 11.4. The van der Waals surface area contributed by atoms with Gasteiger partial charge in [-0.15, -0.1) is 0 Å². The van der Waals surface area contributed by atoms with E-state index in [0.717, 1.165) is 12.8 Å². The van der Waals surface area contributed by atoms with E-state index < -0.39 is 17.3 Å². The van der Waals surface area contributed by atoms with Crippen molar-refractivity contribution in [1.29, 1.82) is 0 Å². The number of rotatable bonds is 2. The van der Waals surface area contributed by atoms with E-state index in [4.69, 9.17) is 9.47 Å². The Kier molecular flexibility index (Phi) is 2.68. The molecule has 0 heterocycles. The molecule has 0 aromatic rings. The van der Waals surface area contributed by atoms with Crippen molar-refractivity contribution < 1.29 is 24.2 Å². The topological polar surface area (TPSA) is 72.8 Å². The van der Waals surface area contributed by atoms with Gasteiger partial charge in [-0.05, 0) is 31.6 Å². The second-order valence-corrected chi connectivity index (χ2v) is 6.56. The minimum absolute atomic E-state index is 0.106. The Morgan fingerprint density at radius 1 is 1.16 bits per heavy atom. The molecule has 0 spiro atoms. The quantitative estimate of drug-likeness (QED) is 0.761. The molecule has 1 N–H and O–H groups in total. The van der Waals surface area contributed by atoms with Crippen LogP contribution in [0.2, 0.25) is 0 Å². The van der Waals surface area contributed by atoms with Crippen LogP contribution in [0.5, 0.6) is 0 Å². The van der Waals surface area contributed by atoms with Crippen LogP contribution in [-0.2, 0) is 19.1 Å². The smallest absolute Gasteiger partial charge is 0.303 e. The summed E-state index contributed by atoms with van der Waals surface area (Å²) in [5, 5.41) is 10.6. The molecule has 0 aliphatic heterocycles. The van der Waals surface area contributed by atoms with E-state index in [-0.39, 0.29) is 17.9 Å². The molecule has 0 amide bonds. The zero-order valence-electron chi connectivity index (χ0n) is 11.3. The average Bonchev–Trinajstić information content (AvgIpc) is 2.19. The highest BCUT2D eigenvalue weighted by Crippen LogP contribution is 2.59. The summed E-state index contributed by atoms with van der Waals surface area (Å²) in [6.45, 7) is 2.74. The first-order valence-corrected chi connectivity index (χ1v) is 6.91. The number of carbonyl (C=O) groups is 2. The van der Waals surface area contributed by atoms with Gasteiger partial charge in [0.05, 0.1) is 5.60 Å². The molecule has 5 atom stereocenters. The lowest BCUT2D eigenvalue weighted by atomic mass is 9.51. The average molecular weight is 268 g/mol.